The van der Waals surface area contributed by atoms with Gasteiger partial charge in [0.1, 0.15) is 6.10 Å². The molecular weight excluding hydrogens is 272 g/mol. The van der Waals surface area contributed by atoms with Crippen molar-refractivity contribution in [3.05, 3.63) is 65.4 Å². The van der Waals surface area contributed by atoms with Crippen molar-refractivity contribution in [2.45, 2.75) is 13.0 Å². The monoisotopic (exact) mass is 294 g/mol. The molecule has 1 unspecified atom stereocenters. The third-order valence-corrected chi connectivity index (χ3v) is 4.15. The number of hydrogen-bond acceptors (Lipinski definition) is 2. The summed E-state index contributed by atoms with van der Waals surface area (Å²) in [6.07, 6.45) is -0.0626. The van der Waals surface area contributed by atoms with E-state index in [1.165, 1.54) is 22.2 Å². The number of benzene rings is 2. The van der Waals surface area contributed by atoms with Gasteiger partial charge in [0.15, 0.2) is 0 Å². The van der Waals surface area contributed by atoms with Crippen LogP contribution in [0.3, 0.4) is 0 Å². The minimum Gasteiger partial charge on any atom is -0.378 e. The van der Waals surface area contributed by atoms with Gasteiger partial charge in [-0.3, -0.25) is 0 Å². The highest BCUT2D eigenvalue weighted by Gasteiger charge is 2.20. The summed E-state index contributed by atoms with van der Waals surface area (Å²) < 4.78 is 5.84. The van der Waals surface area contributed by atoms with Gasteiger partial charge in [0, 0.05) is 49.1 Å². The van der Waals surface area contributed by atoms with E-state index in [0.29, 0.717) is 0 Å². The number of para-hydroxylation sites is 1. The molecule has 3 heteroatoms. The van der Waals surface area contributed by atoms with Crippen LogP contribution in [0.2, 0.25) is 0 Å². The van der Waals surface area contributed by atoms with Crippen molar-refractivity contribution in [1.82, 2.24) is 4.98 Å². The van der Waals surface area contributed by atoms with Crippen LogP contribution in [-0.2, 0) is 4.74 Å². The van der Waals surface area contributed by atoms with E-state index in [4.69, 9.17) is 4.74 Å². The van der Waals surface area contributed by atoms with E-state index >= 15 is 0 Å². The molecule has 114 valence electrons. The van der Waals surface area contributed by atoms with Gasteiger partial charge in [0.2, 0.25) is 0 Å². The number of aryl methyl sites for hydroxylation is 1. The molecule has 0 radical (unpaired) electrons. The predicted octanol–water partition coefficient (Wildman–Crippen LogP) is 4.28. The van der Waals surface area contributed by atoms with Crippen LogP contribution in [0.15, 0.2) is 48.5 Å². The van der Waals surface area contributed by atoms with E-state index in [1.54, 1.807) is 7.11 Å². The number of ether oxygens (including phenoxy) is 1. The van der Waals surface area contributed by atoms with Crippen molar-refractivity contribution >= 4 is 16.6 Å². The first-order valence-electron chi connectivity index (χ1n) is 7.49. The molecule has 0 amide bonds. The number of nitrogens with zero attached hydrogens (tertiary/aromatic N) is 1. The first-order valence-corrected chi connectivity index (χ1v) is 7.49. The van der Waals surface area contributed by atoms with Crippen molar-refractivity contribution in [2.24, 2.45) is 0 Å². The highest BCUT2D eigenvalue weighted by molar-refractivity contribution is 5.85. The molecule has 0 fully saturated rings. The van der Waals surface area contributed by atoms with Gasteiger partial charge < -0.3 is 14.6 Å². The average Bonchev–Trinajstić information content (AvgIpc) is 2.85. The fourth-order valence-electron chi connectivity index (χ4n) is 3.00. The van der Waals surface area contributed by atoms with E-state index in [9.17, 15) is 0 Å². The summed E-state index contributed by atoms with van der Waals surface area (Å²) in [4.78, 5) is 5.55. The lowest BCUT2D eigenvalue weighted by atomic mass is 9.98. The van der Waals surface area contributed by atoms with Crippen LogP contribution in [0, 0.1) is 6.92 Å². The Balaban J connectivity index is 2.08. The highest BCUT2D eigenvalue weighted by Crippen LogP contribution is 2.34. The summed E-state index contributed by atoms with van der Waals surface area (Å²) in [5, 5.41) is 1.23. The van der Waals surface area contributed by atoms with Crippen molar-refractivity contribution in [2.75, 3.05) is 26.1 Å². The second kappa shape index (κ2) is 5.85. The molecule has 0 spiro atoms. The molecule has 1 atom stereocenters. The fourth-order valence-corrected chi connectivity index (χ4v) is 3.00. The normalized spacial score (nSPS) is 12.5. The SMILES string of the molecule is COC(c1ccc(N(C)C)cc1)c1c(C)[nH]c2ccccc12. The minimum absolute atomic E-state index is 0.0626. The molecule has 22 heavy (non-hydrogen) atoms. The largest absolute Gasteiger partial charge is 0.378 e. The summed E-state index contributed by atoms with van der Waals surface area (Å²) in [5.41, 5.74) is 5.89. The lowest BCUT2D eigenvalue weighted by Crippen LogP contribution is -2.09. The number of fused-ring (bicyclic) bond motifs is 1. The highest BCUT2D eigenvalue weighted by atomic mass is 16.5. The van der Waals surface area contributed by atoms with Crippen LogP contribution in [-0.4, -0.2) is 26.2 Å². The van der Waals surface area contributed by atoms with Gasteiger partial charge in [-0.2, -0.15) is 0 Å². The van der Waals surface area contributed by atoms with Crippen LogP contribution >= 0.6 is 0 Å². The van der Waals surface area contributed by atoms with Gasteiger partial charge >= 0.3 is 0 Å². The number of anilines is 1. The van der Waals surface area contributed by atoms with Crippen LogP contribution in [0.1, 0.15) is 22.9 Å². The lowest BCUT2D eigenvalue weighted by Gasteiger charge is -2.19. The topological polar surface area (TPSA) is 28.3 Å². The van der Waals surface area contributed by atoms with E-state index in [2.05, 4.69) is 65.3 Å². The Morgan fingerprint density at radius 1 is 1.00 bits per heavy atom. The lowest BCUT2D eigenvalue weighted by molar-refractivity contribution is 0.137. The maximum Gasteiger partial charge on any atom is 0.109 e. The summed E-state index contributed by atoms with van der Waals surface area (Å²) in [6, 6.07) is 16.9. The standard InChI is InChI=1S/C19H22N2O/c1-13-18(16-7-5-6-8-17(16)20-13)19(22-4)14-9-11-15(12-10-14)21(2)3/h5-12,19-20H,1-4H3. The first kappa shape index (κ1) is 14.7. The molecular formula is C19H22N2O. The number of aromatic nitrogens is 1. The molecule has 1 aromatic heterocycles. The number of hydrogen-bond donors (Lipinski definition) is 1. The predicted molar refractivity (Wildman–Crippen MR) is 92.7 cm³/mol. The van der Waals surface area contributed by atoms with E-state index in [0.717, 1.165) is 11.2 Å². The Kier molecular flexibility index (Phi) is 3.90. The third kappa shape index (κ3) is 2.48. The molecule has 3 nitrogen and oxygen atoms in total. The van der Waals surface area contributed by atoms with Crippen molar-refractivity contribution in [1.29, 1.82) is 0 Å². The van der Waals surface area contributed by atoms with Crippen molar-refractivity contribution < 1.29 is 4.74 Å². The summed E-state index contributed by atoms with van der Waals surface area (Å²) in [5.74, 6) is 0. The Labute approximate surface area is 131 Å². The van der Waals surface area contributed by atoms with Gasteiger partial charge in [0.25, 0.3) is 0 Å². The van der Waals surface area contributed by atoms with Crippen molar-refractivity contribution in [3.63, 3.8) is 0 Å². The van der Waals surface area contributed by atoms with Crippen LogP contribution < -0.4 is 4.90 Å². The summed E-state index contributed by atoms with van der Waals surface area (Å²) in [7, 11) is 5.87. The number of rotatable bonds is 4. The summed E-state index contributed by atoms with van der Waals surface area (Å²) >= 11 is 0. The van der Waals surface area contributed by atoms with Crippen LogP contribution in [0.25, 0.3) is 10.9 Å². The van der Waals surface area contributed by atoms with Crippen molar-refractivity contribution in [3.8, 4) is 0 Å². The van der Waals surface area contributed by atoms with Crippen LogP contribution in [0.5, 0.6) is 0 Å². The van der Waals surface area contributed by atoms with E-state index < -0.39 is 0 Å². The quantitative estimate of drug-likeness (QED) is 0.778. The zero-order valence-electron chi connectivity index (χ0n) is 13.6. The smallest absolute Gasteiger partial charge is 0.109 e. The first-order chi connectivity index (χ1) is 10.6. The van der Waals surface area contributed by atoms with Gasteiger partial charge in [0.05, 0.1) is 0 Å². The van der Waals surface area contributed by atoms with Crippen LogP contribution in [0.4, 0.5) is 5.69 Å². The molecule has 0 aliphatic rings. The molecule has 0 bridgehead atoms. The van der Waals surface area contributed by atoms with Gasteiger partial charge in [-0.1, -0.05) is 30.3 Å². The van der Waals surface area contributed by atoms with E-state index in [1.807, 2.05) is 14.1 Å². The zero-order valence-corrected chi connectivity index (χ0v) is 13.6. The molecule has 0 aliphatic heterocycles. The second-order valence-electron chi connectivity index (χ2n) is 5.81. The fraction of sp³-hybridized carbons (Fsp3) is 0.263. The number of H-pyrrole nitrogens is 1. The van der Waals surface area contributed by atoms with Gasteiger partial charge in [-0.05, 0) is 30.7 Å². The molecule has 0 aliphatic carbocycles. The number of methoxy groups -OCH3 is 1. The maximum absolute atomic E-state index is 5.84. The Bertz CT molecular complexity index is 772. The van der Waals surface area contributed by atoms with Gasteiger partial charge in [-0.25, -0.2) is 0 Å². The molecule has 0 saturated heterocycles. The molecule has 3 aromatic rings. The average molecular weight is 294 g/mol. The molecule has 0 saturated carbocycles. The number of nitrogens with one attached hydrogen (secondary N) is 1. The molecule has 1 heterocycles. The third-order valence-electron chi connectivity index (χ3n) is 4.15. The Morgan fingerprint density at radius 3 is 2.32 bits per heavy atom. The Morgan fingerprint density at radius 2 is 1.68 bits per heavy atom. The molecule has 3 rings (SSSR count). The minimum atomic E-state index is -0.0626. The Hall–Kier alpha value is -2.26. The summed E-state index contributed by atoms with van der Waals surface area (Å²) in [6.45, 7) is 2.11. The molecule has 2 aromatic carbocycles. The zero-order chi connectivity index (χ0) is 15.7. The van der Waals surface area contributed by atoms with E-state index in [-0.39, 0.29) is 6.10 Å². The second-order valence-corrected chi connectivity index (χ2v) is 5.81. The maximum atomic E-state index is 5.84. The van der Waals surface area contributed by atoms with Gasteiger partial charge in [-0.15, -0.1) is 0 Å². The number of aromatic amines is 1. The molecule has 1 N–H and O–H groups in total.